The Morgan fingerprint density at radius 1 is 1.05 bits per heavy atom. The normalized spacial score (nSPS) is 16.5. The smallest absolute Gasteiger partial charge is 0.293 e. The highest BCUT2D eigenvalue weighted by Gasteiger charge is 2.24. The number of carbonyl (C=O) groups is 2. The first-order valence-electron chi connectivity index (χ1n) is 7.19. The van der Waals surface area contributed by atoms with E-state index in [4.69, 9.17) is 0 Å². The van der Waals surface area contributed by atoms with Crippen molar-refractivity contribution in [2.75, 3.05) is 13.1 Å². The summed E-state index contributed by atoms with van der Waals surface area (Å²) >= 11 is 0. The predicted molar refractivity (Wildman–Crippen MR) is 84.4 cm³/mol. The van der Waals surface area contributed by atoms with Crippen molar-refractivity contribution >= 4 is 12.3 Å². The molecule has 22 heavy (non-hydrogen) atoms. The summed E-state index contributed by atoms with van der Waals surface area (Å²) in [5.74, 6) is 0.396. The molecule has 1 fully saturated rings. The Kier molecular flexibility index (Phi) is 6.33. The summed E-state index contributed by atoms with van der Waals surface area (Å²) in [5, 5.41) is 3.07. The van der Waals surface area contributed by atoms with Crippen LogP contribution in [-0.4, -0.2) is 25.3 Å². The molecule has 1 N–H and O–H groups in total. The molecule has 1 saturated heterocycles. The van der Waals surface area contributed by atoms with Crippen LogP contribution >= 0.6 is 0 Å². The van der Waals surface area contributed by atoms with Gasteiger partial charge in [-0.05, 0) is 11.1 Å². The van der Waals surface area contributed by atoms with E-state index in [-0.39, 0.29) is 5.92 Å². The zero-order valence-electron chi connectivity index (χ0n) is 12.3. The van der Waals surface area contributed by atoms with Crippen LogP contribution in [0.25, 0.3) is 0 Å². The van der Waals surface area contributed by atoms with E-state index in [1.807, 2.05) is 60.7 Å². The third kappa shape index (κ3) is 4.82. The van der Waals surface area contributed by atoms with Gasteiger partial charge in [-0.15, -0.1) is 0 Å². The van der Waals surface area contributed by atoms with Gasteiger partial charge in [0.15, 0.2) is 5.78 Å². The number of hydrogen-bond acceptors (Lipinski definition) is 4. The Morgan fingerprint density at radius 2 is 1.68 bits per heavy atom. The minimum absolute atomic E-state index is 0.0891. The van der Waals surface area contributed by atoms with Crippen molar-refractivity contribution in [2.24, 2.45) is 0 Å². The molecule has 0 aliphatic carbocycles. The first kappa shape index (κ1) is 15.9. The molecule has 0 amide bonds. The topological polar surface area (TPSA) is 55.4 Å². The van der Waals surface area contributed by atoms with Crippen LogP contribution in [0, 0.1) is 0 Å². The second-order valence-corrected chi connectivity index (χ2v) is 4.95. The second kappa shape index (κ2) is 8.74. The molecule has 0 saturated carbocycles. The van der Waals surface area contributed by atoms with Gasteiger partial charge in [0, 0.05) is 6.54 Å². The highest BCUT2D eigenvalue weighted by molar-refractivity contribution is 5.89. The van der Waals surface area contributed by atoms with Crippen LogP contribution in [0.15, 0.2) is 60.7 Å². The van der Waals surface area contributed by atoms with Gasteiger partial charge < -0.3 is 10.1 Å². The molecule has 1 aliphatic heterocycles. The number of benzene rings is 2. The van der Waals surface area contributed by atoms with Crippen molar-refractivity contribution in [3.63, 3.8) is 0 Å². The molecule has 1 unspecified atom stereocenters. The van der Waals surface area contributed by atoms with Crippen LogP contribution in [0.5, 0.6) is 0 Å². The lowest BCUT2D eigenvalue weighted by Gasteiger charge is -2.05. The average molecular weight is 297 g/mol. The molecule has 0 radical (unpaired) electrons. The third-order valence-corrected chi connectivity index (χ3v) is 3.40. The summed E-state index contributed by atoms with van der Waals surface area (Å²) in [7, 11) is 0. The second-order valence-electron chi connectivity index (χ2n) is 4.95. The van der Waals surface area contributed by atoms with Crippen LogP contribution < -0.4 is 5.32 Å². The Bertz CT molecular complexity index is 584. The van der Waals surface area contributed by atoms with Crippen LogP contribution in [0.1, 0.15) is 17.0 Å². The maximum atomic E-state index is 11.3. The maximum Gasteiger partial charge on any atom is 0.293 e. The predicted octanol–water partition coefficient (Wildman–Crippen LogP) is 2.30. The molecule has 1 atom stereocenters. The zero-order valence-corrected chi connectivity index (χ0v) is 12.3. The molecule has 0 spiro atoms. The molecular formula is C18H19NO3. The van der Waals surface area contributed by atoms with Crippen molar-refractivity contribution in [1.29, 1.82) is 0 Å². The van der Waals surface area contributed by atoms with E-state index in [9.17, 15) is 9.59 Å². The maximum absolute atomic E-state index is 11.3. The summed E-state index contributed by atoms with van der Waals surface area (Å²) in [6, 6.07) is 19.5. The van der Waals surface area contributed by atoms with Gasteiger partial charge in [-0.3, -0.25) is 9.59 Å². The fraction of sp³-hybridized carbons (Fsp3) is 0.222. The molecule has 2 aromatic rings. The summed E-state index contributed by atoms with van der Waals surface area (Å²) in [6.45, 7) is 2.14. The van der Waals surface area contributed by atoms with E-state index in [0.717, 1.165) is 17.7 Å². The summed E-state index contributed by atoms with van der Waals surface area (Å²) in [5.41, 5.74) is 2.14. The number of nitrogens with one attached hydrogen (secondary N) is 1. The Hall–Kier alpha value is -2.46. The van der Waals surface area contributed by atoms with Gasteiger partial charge in [-0.25, -0.2) is 0 Å². The van der Waals surface area contributed by atoms with Gasteiger partial charge in [-0.1, -0.05) is 60.7 Å². The van der Waals surface area contributed by atoms with E-state index in [0.29, 0.717) is 25.4 Å². The van der Waals surface area contributed by atoms with Gasteiger partial charge in [0.25, 0.3) is 6.47 Å². The largest absolute Gasteiger partial charge is 0.463 e. The van der Waals surface area contributed by atoms with E-state index < -0.39 is 0 Å². The van der Waals surface area contributed by atoms with Gasteiger partial charge in [-0.2, -0.15) is 0 Å². The minimum Gasteiger partial charge on any atom is -0.463 e. The fourth-order valence-electron chi connectivity index (χ4n) is 2.27. The van der Waals surface area contributed by atoms with E-state index in [1.165, 1.54) is 0 Å². The first-order valence-corrected chi connectivity index (χ1v) is 7.19. The number of hydrogen-bond donors (Lipinski definition) is 1. The van der Waals surface area contributed by atoms with Crippen molar-refractivity contribution in [3.05, 3.63) is 71.8 Å². The Labute approximate surface area is 130 Å². The number of ketones is 1. The van der Waals surface area contributed by atoms with E-state index in [2.05, 4.69) is 10.1 Å². The first-order chi connectivity index (χ1) is 10.8. The van der Waals surface area contributed by atoms with Crippen LogP contribution in [-0.2, 0) is 20.9 Å². The van der Waals surface area contributed by atoms with Crippen molar-refractivity contribution in [2.45, 2.75) is 12.5 Å². The van der Waals surface area contributed by atoms with Crippen molar-refractivity contribution in [1.82, 2.24) is 5.32 Å². The summed E-state index contributed by atoms with van der Waals surface area (Å²) < 4.78 is 4.54. The molecule has 3 rings (SSSR count). The van der Waals surface area contributed by atoms with Crippen LogP contribution in [0.3, 0.4) is 0 Å². The summed E-state index contributed by atoms with van der Waals surface area (Å²) in [4.78, 5) is 21.1. The quantitative estimate of drug-likeness (QED) is 0.880. The fourth-order valence-corrected chi connectivity index (χ4v) is 2.27. The molecule has 4 heteroatoms. The number of Topliss-reactive ketones (excluding diaryl/α,β-unsaturated/α-hetero) is 1. The lowest BCUT2D eigenvalue weighted by atomic mass is 9.98. The molecule has 1 heterocycles. The molecule has 114 valence electrons. The Balaban J connectivity index is 0.000000164. The van der Waals surface area contributed by atoms with Gasteiger partial charge in [0.1, 0.15) is 6.61 Å². The molecule has 0 aromatic heterocycles. The van der Waals surface area contributed by atoms with E-state index >= 15 is 0 Å². The van der Waals surface area contributed by atoms with Crippen LogP contribution in [0.4, 0.5) is 0 Å². The minimum atomic E-state index is 0.0891. The van der Waals surface area contributed by atoms with Gasteiger partial charge in [0.2, 0.25) is 0 Å². The number of ether oxygens (including phenoxy) is 1. The van der Waals surface area contributed by atoms with Crippen molar-refractivity contribution in [3.8, 4) is 0 Å². The molecule has 2 aromatic carbocycles. The van der Waals surface area contributed by atoms with Gasteiger partial charge in [0.05, 0.1) is 12.5 Å². The van der Waals surface area contributed by atoms with Gasteiger partial charge >= 0.3 is 0 Å². The SMILES string of the molecule is O=C1CNCC1c1ccccc1.O=COCc1ccccc1. The molecular weight excluding hydrogens is 278 g/mol. The lowest BCUT2D eigenvalue weighted by Crippen LogP contribution is -2.08. The zero-order chi connectivity index (χ0) is 15.6. The van der Waals surface area contributed by atoms with E-state index in [1.54, 1.807) is 0 Å². The van der Waals surface area contributed by atoms with Crippen molar-refractivity contribution < 1.29 is 14.3 Å². The third-order valence-electron chi connectivity index (χ3n) is 3.40. The number of rotatable bonds is 4. The van der Waals surface area contributed by atoms with Crippen LogP contribution in [0.2, 0.25) is 0 Å². The monoisotopic (exact) mass is 297 g/mol. The molecule has 4 nitrogen and oxygen atoms in total. The Morgan fingerprint density at radius 3 is 2.23 bits per heavy atom. The standard InChI is InChI=1S/C10H11NO.C8H8O2/c12-10-7-11-6-9(10)8-4-2-1-3-5-8;9-7-10-6-8-4-2-1-3-5-8/h1-5,9,11H,6-7H2;1-5,7H,6H2. The highest BCUT2D eigenvalue weighted by Crippen LogP contribution is 2.18. The average Bonchev–Trinajstić information content (AvgIpc) is 3.01. The lowest BCUT2D eigenvalue weighted by molar-refractivity contribution is -0.129. The molecule has 1 aliphatic rings. The summed E-state index contributed by atoms with van der Waals surface area (Å²) in [6.07, 6.45) is 0. The number of carbonyl (C=O) groups excluding carboxylic acids is 2. The molecule has 0 bridgehead atoms. The highest BCUT2D eigenvalue weighted by atomic mass is 16.5.